The summed E-state index contributed by atoms with van der Waals surface area (Å²) in [5.74, 6) is 0.0372. The van der Waals surface area contributed by atoms with Gasteiger partial charge in [0.2, 0.25) is 5.91 Å². The van der Waals surface area contributed by atoms with Crippen LogP contribution < -0.4 is 5.32 Å². The summed E-state index contributed by atoms with van der Waals surface area (Å²) in [6, 6.07) is 3.63. The van der Waals surface area contributed by atoms with Crippen molar-refractivity contribution in [3.05, 3.63) is 22.4 Å². The molecule has 1 aliphatic rings. The second kappa shape index (κ2) is 7.40. The number of thiophene rings is 1. The van der Waals surface area contributed by atoms with E-state index in [9.17, 15) is 9.59 Å². The molecule has 0 unspecified atom stereocenters. The molecule has 5 nitrogen and oxygen atoms in total. The monoisotopic (exact) mass is 295 g/mol. The van der Waals surface area contributed by atoms with E-state index < -0.39 is 0 Å². The van der Waals surface area contributed by atoms with Crippen molar-refractivity contribution < 1.29 is 9.59 Å². The Morgan fingerprint density at radius 1 is 1.30 bits per heavy atom. The highest BCUT2D eigenvalue weighted by Gasteiger charge is 2.17. The normalized spacial score (nSPS) is 16.8. The number of rotatable bonds is 4. The molecule has 1 aromatic rings. The smallest absolute Gasteiger partial charge is 0.261 e. The first kappa shape index (κ1) is 15.0. The van der Waals surface area contributed by atoms with Gasteiger partial charge < -0.3 is 15.1 Å². The summed E-state index contributed by atoms with van der Waals surface area (Å²) >= 11 is 1.41. The Morgan fingerprint density at radius 2 is 2.15 bits per heavy atom. The molecule has 1 N–H and O–H groups in total. The molecule has 0 radical (unpaired) electrons. The molecule has 110 valence electrons. The maximum atomic E-state index is 12.1. The van der Waals surface area contributed by atoms with E-state index in [1.54, 1.807) is 6.07 Å². The van der Waals surface area contributed by atoms with Crippen molar-refractivity contribution in [1.29, 1.82) is 0 Å². The van der Waals surface area contributed by atoms with Crippen LogP contribution in [0.2, 0.25) is 0 Å². The van der Waals surface area contributed by atoms with Crippen LogP contribution in [0.5, 0.6) is 0 Å². The average Bonchev–Trinajstić information content (AvgIpc) is 2.88. The van der Waals surface area contributed by atoms with E-state index in [4.69, 9.17) is 0 Å². The Morgan fingerprint density at radius 3 is 2.90 bits per heavy atom. The Hall–Kier alpha value is -1.40. The molecule has 0 bridgehead atoms. The standard InChI is InChI=1S/C14H21N3O2S/c1-16-7-3-8-17(10-9-16)13(18)5-6-15-14(19)12-4-2-11-20-12/h2,4,11H,3,5-10H2,1H3,(H,15,19). The maximum absolute atomic E-state index is 12.1. The minimum absolute atomic E-state index is 0.0941. The zero-order valence-electron chi connectivity index (χ0n) is 11.8. The van der Waals surface area contributed by atoms with Gasteiger partial charge in [-0.25, -0.2) is 0 Å². The fourth-order valence-electron chi connectivity index (χ4n) is 2.23. The van der Waals surface area contributed by atoms with E-state index in [0.717, 1.165) is 32.6 Å². The van der Waals surface area contributed by atoms with Gasteiger partial charge >= 0.3 is 0 Å². The number of hydrogen-bond donors (Lipinski definition) is 1. The van der Waals surface area contributed by atoms with E-state index in [2.05, 4.69) is 17.3 Å². The Labute approximate surface area is 123 Å². The lowest BCUT2D eigenvalue weighted by Crippen LogP contribution is -2.36. The predicted octanol–water partition coefficient (Wildman–Crippen LogP) is 1.03. The SMILES string of the molecule is CN1CCCN(C(=O)CCNC(=O)c2cccs2)CC1. The first-order valence-corrected chi connectivity index (χ1v) is 7.83. The molecule has 6 heteroatoms. The van der Waals surface area contributed by atoms with Crippen molar-refractivity contribution in [3.8, 4) is 0 Å². The molecular formula is C14H21N3O2S. The van der Waals surface area contributed by atoms with Gasteiger partial charge in [-0.05, 0) is 31.5 Å². The molecule has 1 aliphatic heterocycles. The van der Waals surface area contributed by atoms with Gasteiger partial charge in [0.1, 0.15) is 0 Å². The molecular weight excluding hydrogens is 274 g/mol. The molecule has 1 aromatic heterocycles. The van der Waals surface area contributed by atoms with Crippen molar-refractivity contribution in [2.24, 2.45) is 0 Å². The molecule has 0 aliphatic carbocycles. The van der Waals surface area contributed by atoms with E-state index in [1.807, 2.05) is 16.3 Å². The maximum Gasteiger partial charge on any atom is 0.261 e. The molecule has 0 atom stereocenters. The highest BCUT2D eigenvalue weighted by molar-refractivity contribution is 7.12. The number of hydrogen-bond acceptors (Lipinski definition) is 4. The lowest BCUT2D eigenvalue weighted by atomic mass is 10.3. The van der Waals surface area contributed by atoms with E-state index in [-0.39, 0.29) is 11.8 Å². The second-order valence-electron chi connectivity index (χ2n) is 5.02. The van der Waals surface area contributed by atoms with Crippen LogP contribution in [0, 0.1) is 0 Å². The number of nitrogens with zero attached hydrogens (tertiary/aromatic N) is 2. The summed E-state index contributed by atoms with van der Waals surface area (Å²) in [6.07, 6.45) is 1.39. The van der Waals surface area contributed by atoms with Crippen molar-refractivity contribution in [3.63, 3.8) is 0 Å². The summed E-state index contributed by atoms with van der Waals surface area (Å²) in [4.78, 5) is 28.6. The molecule has 2 rings (SSSR count). The fourth-order valence-corrected chi connectivity index (χ4v) is 2.87. The molecule has 0 saturated carbocycles. The van der Waals surface area contributed by atoms with Crippen LogP contribution in [0.1, 0.15) is 22.5 Å². The average molecular weight is 295 g/mol. The minimum atomic E-state index is -0.0941. The Kier molecular flexibility index (Phi) is 5.55. The minimum Gasteiger partial charge on any atom is -0.351 e. The molecule has 2 amide bonds. The van der Waals surface area contributed by atoms with Crippen molar-refractivity contribution >= 4 is 23.2 Å². The van der Waals surface area contributed by atoms with Gasteiger partial charge in [-0.3, -0.25) is 9.59 Å². The molecule has 0 spiro atoms. The summed E-state index contributed by atoms with van der Waals surface area (Å²) in [7, 11) is 2.08. The second-order valence-corrected chi connectivity index (χ2v) is 5.97. The lowest BCUT2D eigenvalue weighted by molar-refractivity contribution is -0.130. The van der Waals surface area contributed by atoms with Crippen molar-refractivity contribution in [2.75, 3.05) is 39.8 Å². The van der Waals surface area contributed by atoms with Crippen LogP contribution in [-0.2, 0) is 4.79 Å². The molecule has 20 heavy (non-hydrogen) atoms. The Bertz CT molecular complexity index is 447. The highest BCUT2D eigenvalue weighted by Crippen LogP contribution is 2.08. The van der Waals surface area contributed by atoms with Crippen LogP contribution in [0.3, 0.4) is 0 Å². The van der Waals surface area contributed by atoms with Crippen molar-refractivity contribution in [1.82, 2.24) is 15.1 Å². The zero-order valence-corrected chi connectivity index (χ0v) is 12.6. The zero-order chi connectivity index (χ0) is 14.4. The predicted molar refractivity (Wildman–Crippen MR) is 80.0 cm³/mol. The quantitative estimate of drug-likeness (QED) is 0.903. The van der Waals surface area contributed by atoms with Gasteiger partial charge in [0.15, 0.2) is 0 Å². The molecule has 0 aromatic carbocycles. The summed E-state index contributed by atoms with van der Waals surface area (Å²) < 4.78 is 0. The van der Waals surface area contributed by atoms with Crippen LogP contribution in [0.4, 0.5) is 0 Å². The van der Waals surface area contributed by atoms with Crippen LogP contribution in [-0.4, -0.2) is 61.4 Å². The van der Waals surface area contributed by atoms with Gasteiger partial charge in [-0.15, -0.1) is 11.3 Å². The summed E-state index contributed by atoms with van der Waals surface area (Å²) in [5, 5.41) is 4.66. The Balaban J connectivity index is 1.71. The third-order valence-electron chi connectivity index (χ3n) is 3.44. The number of nitrogens with one attached hydrogen (secondary N) is 1. The topological polar surface area (TPSA) is 52.6 Å². The molecule has 1 saturated heterocycles. The van der Waals surface area contributed by atoms with Gasteiger partial charge in [-0.1, -0.05) is 6.07 Å². The van der Waals surface area contributed by atoms with Crippen molar-refractivity contribution in [2.45, 2.75) is 12.8 Å². The van der Waals surface area contributed by atoms with E-state index in [1.165, 1.54) is 11.3 Å². The fraction of sp³-hybridized carbons (Fsp3) is 0.571. The van der Waals surface area contributed by atoms with Crippen LogP contribution in [0.25, 0.3) is 0 Å². The summed E-state index contributed by atoms with van der Waals surface area (Å²) in [5.41, 5.74) is 0. The third kappa shape index (κ3) is 4.31. The van der Waals surface area contributed by atoms with Gasteiger partial charge in [-0.2, -0.15) is 0 Å². The van der Waals surface area contributed by atoms with E-state index >= 15 is 0 Å². The first-order chi connectivity index (χ1) is 9.66. The lowest BCUT2D eigenvalue weighted by Gasteiger charge is -2.20. The summed E-state index contributed by atoms with van der Waals surface area (Å²) in [6.45, 7) is 3.98. The van der Waals surface area contributed by atoms with Gasteiger partial charge in [0.25, 0.3) is 5.91 Å². The van der Waals surface area contributed by atoms with Crippen LogP contribution >= 0.6 is 11.3 Å². The van der Waals surface area contributed by atoms with Gasteiger partial charge in [0, 0.05) is 32.6 Å². The number of carbonyl (C=O) groups excluding carboxylic acids is 2. The number of amides is 2. The van der Waals surface area contributed by atoms with E-state index in [0.29, 0.717) is 17.8 Å². The number of likely N-dealkylation sites (N-methyl/N-ethyl adjacent to an activating group) is 1. The first-order valence-electron chi connectivity index (χ1n) is 6.95. The number of carbonyl (C=O) groups is 2. The third-order valence-corrected chi connectivity index (χ3v) is 4.31. The molecule has 1 fully saturated rings. The van der Waals surface area contributed by atoms with Gasteiger partial charge in [0.05, 0.1) is 4.88 Å². The largest absolute Gasteiger partial charge is 0.351 e. The highest BCUT2D eigenvalue weighted by atomic mass is 32.1. The molecule has 2 heterocycles. The van der Waals surface area contributed by atoms with Crippen LogP contribution in [0.15, 0.2) is 17.5 Å².